The van der Waals surface area contributed by atoms with E-state index in [2.05, 4.69) is 22.5 Å². The highest BCUT2D eigenvalue weighted by Gasteiger charge is 2.15. The Balaban J connectivity index is 0.00000312. The number of halogens is 1. The highest BCUT2D eigenvalue weighted by molar-refractivity contribution is 14.0. The van der Waals surface area contributed by atoms with E-state index in [1.165, 1.54) is 18.6 Å². The molecule has 0 bridgehead atoms. The summed E-state index contributed by atoms with van der Waals surface area (Å²) in [5.41, 5.74) is 1.64. The van der Waals surface area contributed by atoms with Crippen LogP contribution in [0.15, 0.2) is 29.3 Å². The first-order chi connectivity index (χ1) is 11.7. The van der Waals surface area contributed by atoms with E-state index in [0.29, 0.717) is 24.0 Å². The van der Waals surface area contributed by atoms with E-state index >= 15 is 0 Å². The number of hydrogen-bond donors (Lipinski definition) is 2. The molecule has 1 aromatic rings. The molecule has 0 radical (unpaired) electrons. The summed E-state index contributed by atoms with van der Waals surface area (Å²) in [4.78, 5) is 16.3. The average Bonchev–Trinajstić information content (AvgIpc) is 3.11. The van der Waals surface area contributed by atoms with Gasteiger partial charge in [-0.3, -0.25) is 0 Å². The third kappa shape index (κ3) is 7.85. The van der Waals surface area contributed by atoms with Gasteiger partial charge < -0.3 is 15.4 Å². The smallest absolute Gasteiger partial charge is 0.338 e. The number of carbonyl (C=O) groups is 1. The van der Waals surface area contributed by atoms with Crippen molar-refractivity contribution in [3.05, 3.63) is 35.4 Å². The summed E-state index contributed by atoms with van der Waals surface area (Å²) < 4.78 is 4.99. The van der Waals surface area contributed by atoms with Crippen molar-refractivity contribution in [2.45, 2.75) is 38.5 Å². The highest BCUT2D eigenvalue weighted by atomic mass is 127. The Bertz CT molecular complexity index is 546. The van der Waals surface area contributed by atoms with E-state index < -0.39 is 0 Å². The Morgan fingerprint density at radius 1 is 1.28 bits per heavy atom. The molecule has 7 heteroatoms. The van der Waals surface area contributed by atoms with E-state index in [0.717, 1.165) is 24.6 Å². The number of ether oxygens (including phenoxy) is 1. The molecule has 2 N–H and O–H groups in total. The van der Waals surface area contributed by atoms with Crippen LogP contribution >= 0.6 is 35.7 Å². The molecule has 25 heavy (non-hydrogen) atoms. The van der Waals surface area contributed by atoms with Crippen LogP contribution in [0.4, 0.5) is 0 Å². The lowest BCUT2D eigenvalue weighted by atomic mass is 10.1. The fraction of sp³-hybridized carbons (Fsp3) is 0.556. The molecule has 1 aromatic carbocycles. The number of nitrogens with one attached hydrogen (secondary N) is 2. The van der Waals surface area contributed by atoms with Gasteiger partial charge in [0.2, 0.25) is 0 Å². The molecule has 2 rings (SSSR count). The molecule has 5 nitrogen and oxygen atoms in total. The molecule has 0 aliphatic carbocycles. The molecule has 0 amide bonds. The van der Waals surface area contributed by atoms with E-state index in [-0.39, 0.29) is 29.9 Å². The van der Waals surface area contributed by atoms with Gasteiger partial charge in [-0.1, -0.05) is 12.1 Å². The van der Waals surface area contributed by atoms with Gasteiger partial charge in [-0.2, -0.15) is 11.8 Å². The second-order valence-electron chi connectivity index (χ2n) is 5.63. The van der Waals surface area contributed by atoms with Gasteiger partial charge in [-0.05, 0) is 50.1 Å². The maximum atomic E-state index is 11.6. The van der Waals surface area contributed by atoms with E-state index in [9.17, 15) is 4.79 Å². The third-order valence-electron chi connectivity index (χ3n) is 3.75. The summed E-state index contributed by atoms with van der Waals surface area (Å²) in [5.74, 6) is 1.84. The summed E-state index contributed by atoms with van der Waals surface area (Å²) >= 11 is 2.04. The van der Waals surface area contributed by atoms with Crippen molar-refractivity contribution in [1.29, 1.82) is 0 Å². The van der Waals surface area contributed by atoms with Crippen molar-refractivity contribution in [2.24, 2.45) is 4.99 Å². The van der Waals surface area contributed by atoms with E-state index in [1.54, 1.807) is 19.1 Å². The van der Waals surface area contributed by atoms with Gasteiger partial charge in [-0.25, -0.2) is 9.79 Å². The van der Waals surface area contributed by atoms with Crippen molar-refractivity contribution in [1.82, 2.24) is 10.6 Å². The number of esters is 1. The molecule has 0 spiro atoms. The molecule has 1 atom stereocenters. The Labute approximate surface area is 171 Å². The summed E-state index contributed by atoms with van der Waals surface area (Å²) in [6.07, 6.45) is 2.60. The number of rotatable bonds is 7. The minimum atomic E-state index is -0.281. The van der Waals surface area contributed by atoms with Gasteiger partial charge in [-0.15, -0.1) is 24.0 Å². The van der Waals surface area contributed by atoms with Crippen molar-refractivity contribution in [3.63, 3.8) is 0 Å². The second-order valence-corrected chi connectivity index (χ2v) is 7.04. The number of carbonyl (C=O) groups excluding carboxylic acids is 1. The third-order valence-corrected chi connectivity index (χ3v) is 5.15. The number of nitrogens with zero attached hydrogens (tertiary/aromatic N) is 1. The zero-order valence-electron chi connectivity index (χ0n) is 14.9. The zero-order valence-corrected chi connectivity index (χ0v) is 18.1. The van der Waals surface area contributed by atoms with Crippen LogP contribution in [0, 0.1) is 0 Å². The van der Waals surface area contributed by atoms with Crippen LogP contribution < -0.4 is 10.6 Å². The molecule has 140 valence electrons. The van der Waals surface area contributed by atoms with Gasteiger partial charge in [0.15, 0.2) is 5.96 Å². The van der Waals surface area contributed by atoms with Crippen LogP contribution in [0.3, 0.4) is 0 Å². The first-order valence-electron chi connectivity index (χ1n) is 8.62. The number of benzene rings is 1. The minimum Gasteiger partial charge on any atom is -0.462 e. The summed E-state index contributed by atoms with van der Waals surface area (Å²) in [6.45, 7) is 6.64. The van der Waals surface area contributed by atoms with Gasteiger partial charge in [0, 0.05) is 18.3 Å². The van der Waals surface area contributed by atoms with E-state index in [4.69, 9.17) is 4.74 Å². The maximum absolute atomic E-state index is 11.6. The highest BCUT2D eigenvalue weighted by Crippen LogP contribution is 2.25. The van der Waals surface area contributed by atoms with E-state index in [1.807, 2.05) is 23.9 Å². The molecule has 1 heterocycles. The van der Waals surface area contributed by atoms with Crippen molar-refractivity contribution in [3.8, 4) is 0 Å². The second kappa shape index (κ2) is 12.4. The molecule has 1 fully saturated rings. The number of hydrogen-bond acceptors (Lipinski definition) is 4. The normalized spacial score (nSPS) is 16.9. The first kappa shape index (κ1) is 22.1. The predicted molar refractivity (Wildman–Crippen MR) is 116 cm³/mol. The van der Waals surface area contributed by atoms with Crippen LogP contribution in [0.25, 0.3) is 0 Å². The predicted octanol–water partition coefficient (Wildman–Crippen LogP) is 3.43. The molecular formula is C18H28IN3O2S. The molecule has 0 aromatic heterocycles. The number of guanidine groups is 1. The van der Waals surface area contributed by atoms with Crippen molar-refractivity contribution < 1.29 is 9.53 Å². The number of thioether (sulfide) groups is 1. The fourth-order valence-electron chi connectivity index (χ4n) is 2.49. The molecule has 1 aliphatic heterocycles. The average molecular weight is 477 g/mol. The Hall–Kier alpha value is -0.960. The Morgan fingerprint density at radius 3 is 2.64 bits per heavy atom. The quantitative estimate of drug-likeness (QED) is 0.273. The molecule has 1 aliphatic rings. The van der Waals surface area contributed by atoms with Gasteiger partial charge >= 0.3 is 5.97 Å². The lowest BCUT2D eigenvalue weighted by molar-refractivity contribution is 0.0526. The SMILES string of the molecule is CCNC(=NCc1ccc(C(=O)OCC)cc1)NCC1CCCS1.I. The van der Waals surface area contributed by atoms with Crippen LogP contribution in [0.2, 0.25) is 0 Å². The largest absolute Gasteiger partial charge is 0.462 e. The standard InChI is InChI=1S/C18H27N3O2S.HI/c1-3-19-18(21-13-16-6-5-11-24-16)20-12-14-7-9-15(10-8-14)17(22)23-4-2;/h7-10,16H,3-6,11-13H2,1-2H3,(H2,19,20,21);1H. The Kier molecular flexibility index (Phi) is 11.0. The lowest BCUT2D eigenvalue weighted by Crippen LogP contribution is -2.40. The Morgan fingerprint density at radius 2 is 2.04 bits per heavy atom. The minimum absolute atomic E-state index is 0. The summed E-state index contributed by atoms with van der Waals surface area (Å²) in [6, 6.07) is 7.43. The van der Waals surface area contributed by atoms with Crippen LogP contribution in [0.1, 0.15) is 42.6 Å². The van der Waals surface area contributed by atoms with Crippen molar-refractivity contribution in [2.75, 3.05) is 25.4 Å². The van der Waals surface area contributed by atoms with Gasteiger partial charge in [0.05, 0.1) is 18.7 Å². The summed E-state index contributed by atoms with van der Waals surface area (Å²) in [5, 5.41) is 7.39. The number of aliphatic imine (C=N–C) groups is 1. The molecule has 0 saturated carbocycles. The lowest BCUT2D eigenvalue weighted by Gasteiger charge is -2.14. The summed E-state index contributed by atoms with van der Waals surface area (Å²) in [7, 11) is 0. The van der Waals surface area contributed by atoms with Gasteiger partial charge in [0.1, 0.15) is 0 Å². The monoisotopic (exact) mass is 477 g/mol. The van der Waals surface area contributed by atoms with Crippen LogP contribution in [-0.2, 0) is 11.3 Å². The zero-order chi connectivity index (χ0) is 17.2. The molecule has 1 saturated heterocycles. The van der Waals surface area contributed by atoms with Crippen molar-refractivity contribution >= 4 is 47.7 Å². The topological polar surface area (TPSA) is 62.7 Å². The first-order valence-corrected chi connectivity index (χ1v) is 9.67. The van der Waals surface area contributed by atoms with Gasteiger partial charge in [0.25, 0.3) is 0 Å². The molecular weight excluding hydrogens is 449 g/mol. The molecule has 1 unspecified atom stereocenters. The fourth-order valence-corrected chi connectivity index (χ4v) is 3.69. The van der Waals surface area contributed by atoms with Crippen LogP contribution in [-0.4, -0.2) is 42.6 Å². The maximum Gasteiger partial charge on any atom is 0.338 e. The van der Waals surface area contributed by atoms with Crippen LogP contribution in [0.5, 0.6) is 0 Å².